The first-order valence-corrected chi connectivity index (χ1v) is 5.46. The molecule has 1 heterocycles. The van der Waals surface area contributed by atoms with Crippen LogP contribution in [0.2, 0.25) is 0 Å². The fourth-order valence-corrected chi connectivity index (χ4v) is 1.78. The first-order valence-electron chi connectivity index (χ1n) is 5.46. The highest BCUT2D eigenvalue weighted by Crippen LogP contribution is 2.11. The number of amides is 1. The third-order valence-corrected chi connectivity index (χ3v) is 2.60. The van der Waals surface area contributed by atoms with Gasteiger partial charge in [0.05, 0.1) is 0 Å². The van der Waals surface area contributed by atoms with Crippen LogP contribution < -0.4 is 5.32 Å². The van der Waals surface area contributed by atoms with E-state index in [4.69, 9.17) is 0 Å². The van der Waals surface area contributed by atoms with Crippen LogP contribution in [0.15, 0.2) is 24.3 Å². The van der Waals surface area contributed by atoms with Crippen molar-refractivity contribution in [2.24, 2.45) is 0 Å². The van der Waals surface area contributed by atoms with Crippen molar-refractivity contribution in [3.8, 4) is 0 Å². The molecule has 0 spiro atoms. The lowest BCUT2D eigenvalue weighted by Crippen LogP contribution is -2.34. The number of nitrogens with one attached hydrogen (secondary N) is 1. The highest BCUT2D eigenvalue weighted by molar-refractivity contribution is 5.94. The molecule has 1 atom stereocenters. The Balaban J connectivity index is 2.08. The smallest absolute Gasteiger partial charge is 0.252 e. The van der Waals surface area contributed by atoms with Crippen LogP contribution in [0.25, 0.3) is 0 Å². The van der Waals surface area contributed by atoms with Crippen molar-refractivity contribution in [3.05, 3.63) is 41.7 Å². The molecule has 1 N–H and O–H groups in total. The van der Waals surface area contributed by atoms with Gasteiger partial charge in [0, 0.05) is 23.7 Å². The molecular weight excluding hydrogens is 226 g/mol. The van der Waals surface area contributed by atoms with Gasteiger partial charge < -0.3 is 5.32 Å². The van der Waals surface area contributed by atoms with Crippen LogP contribution in [0.1, 0.15) is 29.6 Å². The molecule has 1 aliphatic carbocycles. The van der Waals surface area contributed by atoms with E-state index < -0.39 is 17.8 Å². The van der Waals surface area contributed by atoms with E-state index in [-0.39, 0.29) is 11.6 Å². The number of carbonyl (C=O) groups is 1. The summed E-state index contributed by atoms with van der Waals surface area (Å²) >= 11 is 0. The summed E-state index contributed by atoms with van der Waals surface area (Å²) in [6, 6.07) is 1.78. The Kier molecular flexibility index (Phi) is 3.46. The Hall–Kier alpha value is -1.78. The molecule has 1 aliphatic rings. The van der Waals surface area contributed by atoms with E-state index in [1.54, 1.807) is 0 Å². The quantitative estimate of drug-likeness (QED) is 0.634. The zero-order chi connectivity index (χ0) is 12.3. The lowest BCUT2D eigenvalue weighted by molar-refractivity contribution is 0.0940. The van der Waals surface area contributed by atoms with Gasteiger partial charge in [0.15, 0.2) is 0 Å². The van der Waals surface area contributed by atoms with Crippen molar-refractivity contribution in [1.29, 1.82) is 0 Å². The maximum Gasteiger partial charge on any atom is 0.252 e. The maximum absolute atomic E-state index is 12.8. The number of hydrogen-bond acceptors (Lipinski definition) is 2. The summed E-state index contributed by atoms with van der Waals surface area (Å²) in [6.45, 7) is 0. The van der Waals surface area contributed by atoms with Gasteiger partial charge in [-0.25, -0.2) is 0 Å². The fourth-order valence-electron chi connectivity index (χ4n) is 1.78. The minimum absolute atomic E-state index is 0.0472. The van der Waals surface area contributed by atoms with E-state index >= 15 is 0 Å². The monoisotopic (exact) mass is 238 g/mol. The van der Waals surface area contributed by atoms with Gasteiger partial charge in [0.25, 0.3) is 5.91 Å². The number of rotatable bonds is 2. The van der Waals surface area contributed by atoms with Crippen LogP contribution in [-0.2, 0) is 0 Å². The zero-order valence-corrected chi connectivity index (χ0v) is 9.12. The molecule has 0 saturated carbocycles. The molecule has 0 radical (unpaired) electrons. The largest absolute Gasteiger partial charge is 0.346 e. The summed E-state index contributed by atoms with van der Waals surface area (Å²) < 4.78 is 25.6. The molecule has 0 fully saturated rings. The second-order valence-electron chi connectivity index (χ2n) is 3.94. The Morgan fingerprint density at radius 3 is 2.65 bits per heavy atom. The van der Waals surface area contributed by atoms with E-state index in [9.17, 15) is 13.6 Å². The zero-order valence-electron chi connectivity index (χ0n) is 9.12. The molecule has 1 amide bonds. The van der Waals surface area contributed by atoms with Gasteiger partial charge in [-0.15, -0.1) is 0 Å². The van der Waals surface area contributed by atoms with Crippen molar-refractivity contribution in [3.63, 3.8) is 0 Å². The van der Waals surface area contributed by atoms with Crippen molar-refractivity contribution in [2.75, 3.05) is 0 Å². The summed E-state index contributed by atoms with van der Waals surface area (Å²) in [7, 11) is 0. The van der Waals surface area contributed by atoms with Crippen molar-refractivity contribution in [2.45, 2.75) is 25.3 Å². The maximum atomic E-state index is 12.8. The second kappa shape index (κ2) is 5.03. The van der Waals surface area contributed by atoms with Crippen LogP contribution in [0.4, 0.5) is 8.78 Å². The molecule has 1 aromatic heterocycles. The number of aromatic nitrogens is 1. The van der Waals surface area contributed by atoms with E-state index in [0.29, 0.717) is 0 Å². The van der Waals surface area contributed by atoms with Crippen LogP contribution >= 0.6 is 0 Å². The Bertz CT molecular complexity index is 440. The molecule has 1 unspecified atom stereocenters. The van der Waals surface area contributed by atoms with Crippen molar-refractivity contribution >= 4 is 5.91 Å². The van der Waals surface area contributed by atoms with Gasteiger partial charge in [0.1, 0.15) is 0 Å². The average molecular weight is 238 g/mol. The lowest BCUT2D eigenvalue weighted by atomic mass is 10.0. The molecule has 3 nitrogen and oxygen atoms in total. The first kappa shape index (κ1) is 11.7. The van der Waals surface area contributed by atoms with Crippen LogP contribution in [-0.4, -0.2) is 16.9 Å². The topological polar surface area (TPSA) is 42.0 Å². The molecule has 0 aromatic carbocycles. The number of pyridine rings is 1. The van der Waals surface area contributed by atoms with Crippen molar-refractivity contribution in [1.82, 2.24) is 10.3 Å². The Morgan fingerprint density at radius 2 is 2.06 bits per heavy atom. The second-order valence-corrected chi connectivity index (χ2v) is 3.94. The minimum Gasteiger partial charge on any atom is -0.346 e. The highest BCUT2D eigenvalue weighted by atomic mass is 19.1. The molecule has 2 rings (SSSR count). The van der Waals surface area contributed by atoms with Gasteiger partial charge in [-0.05, 0) is 19.3 Å². The summed E-state index contributed by atoms with van der Waals surface area (Å²) in [4.78, 5) is 14.6. The minimum atomic E-state index is -0.991. The van der Waals surface area contributed by atoms with E-state index in [2.05, 4.69) is 10.3 Å². The summed E-state index contributed by atoms with van der Waals surface area (Å²) in [5, 5.41) is 2.70. The molecule has 0 saturated heterocycles. The molecule has 0 aliphatic heterocycles. The molecular formula is C12H12F2N2O. The number of allylic oxidation sites excluding steroid dienone is 1. The van der Waals surface area contributed by atoms with Crippen LogP contribution in [0.3, 0.4) is 0 Å². The highest BCUT2D eigenvalue weighted by Gasteiger charge is 2.14. The first-order chi connectivity index (χ1) is 8.15. The number of carbonyl (C=O) groups excluding carboxylic acids is 1. The molecule has 17 heavy (non-hydrogen) atoms. The van der Waals surface area contributed by atoms with Gasteiger partial charge >= 0.3 is 0 Å². The molecule has 5 heteroatoms. The van der Waals surface area contributed by atoms with E-state index in [1.807, 2.05) is 12.2 Å². The summed E-state index contributed by atoms with van der Waals surface area (Å²) in [5.74, 6) is -2.47. The SMILES string of the molecule is O=C(NC1C=CCCC1)c1cc(F)nc(F)c1. The number of hydrogen-bond donors (Lipinski definition) is 1. The molecule has 1 aromatic rings. The van der Waals surface area contributed by atoms with E-state index in [1.165, 1.54) is 0 Å². The predicted octanol–water partition coefficient (Wildman–Crippen LogP) is 2.20. The summed E-state index contributed by atoms with van der Waals surface area (Å²) in [6.07, 6.45) is 6.74. The van der Waals surface area contributed by atoms with Crippen LogP contribution in [0.5, 0.6) is 0 Å². The fraction of sp³-hybridized carbons (Fsp3) is 0.333. The van der Waals surface area contributed by atoms with Gasteiger partial charge in [-0.3, -0.25) is 4.79 Å². The number of halogens is 2. The lowest BCUT2D eigenvalue weighted by Gasteiger charge is -2.17. The van der Waals surface area contributed by atoms with E-state index in [0.717, 1.165) is 31.4 Å². The predicted molar refractivity (Wildman–Crippen MR) is 58.4 cm³/mol. The van der Waals surface area contributed by atoms with Crippen molar-refractivity contribution < 1.29 is 13.6 Å². The average Bonchev–Trinajstić information content (AvgIpc) is 2.29. The molecule has 90 valence electrons. The Labute approximate surface area is 97.6 Å². The Morgan fingerprint density at radius 1 is 1.35 bits per heavy atom. The van der Waals surface area contributed by atoms with Gasteiger partial charge in [-0.1, -0.05) is 12.2 Å². The molecule has 0 bridgehead atoms. The summed E-state index contributed by atoms with van der Waals surface area (Å²) in [5.41, 5.74) is -0.0472. The normalized spacial score (nSPS) is 19.1. The van der Waals surface area contributed by atoms with Crippen LogP contribution in [0, 0.1) is 11.9 Å². The van der Waals surface area contributed by atoms with Gasteiger partial charge in [-0.2, -0.15) is 13.8 Å². The third-order valence-electron chi connectivity index (χ3n) is 2.60. The number of nitrogens with zero attached hydrogens (tertiary/aromatic N) is 1. The standard InChI is InChI=1S/C12H12F2N2O/c13-10-6-8(7-11(14)16-10)12(17)15-9-4-2-1-3-5-9/h2,4,6-7,9H,1,3,5H2,(H,15,17). The third kappa shape index (κ3) is 3.09. The van der Waals surface area contributed by atoms with Gasteiger partial charge in [0.2, 0.25) is 11.9 Å².